The number of anilines is 1. The fourth-order valence-electron chi connectivity index (χ4n) is 8.05. The Kier molecular flexibility index (Phi) is 8.39. The second kappa shape index (κ2) is 12.6. The molecule has 1 amide bonds. The van der Waals surface area contributed by atoms with Gasteiger partial charge in [0.2, 0.25) is 5.91 Å². The lowest BCUT2D eigenvalue weighted by Crippen LogP contribution is -2.50. The lowest BCUT2D eigenvalue weighted by Gasteiger charge is -2.35. The highest BCUT2D eigenvalue weighted by molar-refractivity contribution is 6.03. The van der Waals surface area contributed by atoms with Crippen LogP contribution in [-0.2, 0) is 4.79 Å². The normalized spacial score (nSPS) is 20.1. The summed E-state index contributed by atoms with van der Waals surface area (Å²) < 4.78 is 38.3. The minimum atomic E-state index is -0.779. The van der Waals surface area contributed by atoms with Crippen molar-refractivity contribution in [1.82, 2.24) is 25.2 Å². The topological polar surface area (TPSA) is 104 Å². The number of aromatic hydroxyl groups is 1. The first-order valence-electron chi connectivity index (χ1n) is 16.9. The van der Waals surface area contributed by atoms with E-state index < -0.39 is 11.6 Å². The molecule has 2 aromatic carbocycles. The summed E-state index contributed by atoms with van der Waals surface area (Å²) in [5.41, 5.74) is -0.417. The van der Waals surface area contributed by atoms with Gasteiger partial charge in [0.05, 0.1) is 22.5 Å². The quantitative estimate of drug-likeness (QED) is 0.180. The third-order valence-electron chi connectivity index (χ3n) is 10.8. The van der Waals surface area contributed by atoms with Gasteiger partial charge in [-0.2, -0.15) is 9.97 Å². The van der Waals surface area contributed by atoms with Gasteiger partial charge in [0.25, 0.3) is 0 Å². The average Bonchev–Trinajstić information content (AvgIpc) is 3.63. The Labute approximate surface area is 284 Å². The van der Waals surface area contributed by atoms with Crippen molar-refractivity contribution >= 4 is 33.4 Å². The molecule has 2 aromatic heterocycles. The zero-order valence-electron chi connectivity index (χ0n) is 27.9. The highest BCUT2D eigenvalue weighted by Gasteiger charge is 2.45. The van der Waals surface area contributed by atoms with E-state index in [4.69, 9.17) is 16.1 Å². The van der Waals surface area contributed by atoms with Crippen LogP contribution in [0.1, 0.15) is 57.9 Å². The van der Waals surface area contributed by atoms with Crippen LogP contribution in [0.3, 0.4) is 0 Å². The Balaban J connectivity index is 1.38. The predicted octanol–water partition coefficient (Wildman–Crippen LogP) is 6.11. The molecular weight excluding hydrogens is 626 g/mol. The maximum atomic E-state index is 17.0. The number of terminal acetylenes is 1. The number of hydrogen-bond acceptors (Lipinski definition) is 8. The van der Waals surface area contributed by atoms with Crippen LogP contribution in [0.2, 0.25) is 0 Å². The van der Waals surface area contributed by atoms with Crippen LogP contribution in [0, 0.1) is 29.4 Å². The number of amides is 1. The number of phenolic OH excluding ortho intramolecular Hbond substituents is 1. The van der Waals surface area contributed by atoms with Crippen LogP contribution in [0.5, 0.6) is 11.8 Å². The smallest absolute Gasteiger partial charge is 0.319 e. The monoisotopic (exact) mass is 666 g/mol. The summed E-state index contributed by atoms with van der Waals surface area (Å²) in [5.74, 6) is 0.981. The van der Waals surface area contributed by atoms with Gasteiger partial charge in [-0.25, -0.2) is 8.78 Å². The molecule has 11 heteroatoms. The van der Waals surface area contributed by atoms with E-state index in [0.29, 0.717) is 36.3 Å². The van der Waals surface area contributed by atoms with Crippen molar-refractivity contribution in [2.45, 2.75) is 64.0 Å². The molecule has 0 unspecified atom stereocenters. The molecule has 1 atom stereocenters. The summed E-state index contributed by atoms with van der Waals surface area (Å²) in [6.45, 7) is 11.3. The van der Waals surface area contributed by atoms with Crippen molar-refractivity contribution in [1.29, 1.82) is 0 Å². The molecule has 0 aliphatic carbocycles. The number of ether oxygens (including phenoxy) is 1. The summed E-state index contributed by atoms with van der Waals surface area (Å²) in [6, 6.07) is 5.26. The van der Waals surface area contributed by atoms with E-state index >= 15 is 4.39 Å². The number of fused-ring (bicyclic) bond motifs is 3. The van der Waals surface area contributed by atoms with Gasteiger partial charge in [-0.05, 0) is 86.7 Å². The van der Waals surface area contributed by atoms with Crippen LogP contribution in [0.15, 0.2) is 43.1 Å². The molecule has 4 aromatic rings. The zero-order chi connectivity index (χ0) is 34.5. The Morgan fingerprint density at radius 3 is 2.65 bits per heavy atom. The second-order valence-corrected chi connectivity index (χ2v) is 14.2. The number of hydrogen-bond donors (Lipinski definition) is 2. The first-order valence-corrected chi connectivity index (χ1v) is 16.9. The Morgan fingerprint density at radius 1 is 1.16 bits per heavy atom. The van der Waals surface area contributed by atoms with E-state index in [2.05, 4.69) is 46.5 Å². The van der Waals surface area contributed by atoms with Gasteiger partial charge in [0.1, 0.15) is 35.2 Å². The largest absolute Gasteiger partial charge is 0.508 e. The number of rotatable bonds is 7. The summed E-state index contributed by atoms with van der Waals surface area (Å²) in [5, 5.41) is 14.7. The molecule has 2 N–H and O–H groups in total. The Hall–Kier alpha value is -4.82. The molecule has 3 saturated heterocycles. The van der Waals surface area contributed by atoms with Crippen molar-refractivity contribution in [3.8, 4) is 35.4 Å². The van der Waals surface area contributed by atoms with E-state index in [1.54, 1.807) is 0 Å². The lowest BCUT2D eigenvalue weighted by molar-refractivity contribution is -0.117. The number of aromatic nitrogens is 3. The van der Waals surface area contributed by atoms with Crippen LogP contribution in [0.25, 0.3) is 32.9 Å². The third-order valence-corrected chi connectivity index (χ3v) is 10.8. The molecule has 0 radical (unpaired) electrons. The minimum Gasteiger partial charge on any atom is -0.508 e. The third kappa shape index (κ3) is 5.82. The van der Waals surface area contributed by atoms with Crippen molar-refractivity contribution in [2.24, 2.45) is 5.41 Å². The van der Waals surface area contributed by atoms with E-state index in [1.807, 2.05) is 4.90 Å². The van der Waals surface area contributed by atoms with Crippen molar-refractivity contribution in [3.63, 3.8) is 0 Å². The first kappa shape index (κ1) is 32.7. The van der Waals surface area contributed by atoms with Gasteiger partial charge in [-0.3, -0.25) is 14.7 Å². The summed E-state index contributed by atoms with van der Waals surface area (Å²) in [7, 11) is 0. The number of halogens is 2. The maximum absolute atomic E-state index is 17.0. The molecule has 3 fully saturated rings. The molecule has 7 rings (SSSR count). The number of carbonyl (C=O) groups is 1. The molecule has 3 aliphatic rings. The molecule has 49 heavy (non-hydrogen) atoms. The standard InChI is InChI=1S/C38H40F2N6O3/c1-5-25-28(39)11-10-23-18-24(47)19-26(31(23)25)33-32(40)34-27(20-41-33)35(45-15-7-12-37(3,4)29(21-45)42-30(48)6-2)44-36(43-34)49-22-38-13-8-16-46(38)17-9-14-38/h1,6,10-11,18-20,29,47H,2,7-9,12-17,21-22H2,3-4H3,(H,42,48)/t29-/m0/s1. The summed E-state index contributed by atoms with van der Waals surface area (Å²) >= 11 is 0. The highest BCUT2D eigenvalue weighted by atomic mass is 19.1. The van der Waals surface area contributed by atoms with Crippen LogP contribution in [0.4, 0.5) is 14.6 Å². The van der Waals surface area contributed by atoms with Crippen LogP contribution < -0.4 is 15.0 Å². The van der Waals surface area contributed by atoms with Crippen molar-refractivity contribution in [2.75, 3.05) is 37.7 Å². The molecule has 5 heterocycles. The van der Waals surface area contributed by atoms with Gasteiger partial charge < -0.3 is 20.1 Å². The van der Waals surface area contributed by atoms with Crippen molar-refractivity contribution in [3.05, 3.63) is 60.3 Å². The van der Waals surface area contributed by atoms with E-state index in [1.165, 1.54) is 36.5 Å². The fraction of sp³-hybridized carbons (Fsp3) is 0.421. The number of carbonyl (C=O) groups excluding carboxylic acids is 1. The Bertz CT molecular complexity index is 2020. The Morgan fingerprint density at radius 2 is 1.92 bits per heavy atom. The maximum Gasteiger partial charge on any atom is 0.319 e. The molecule has 254 valence electrons. The number of nitrogens with one attached hydrogen (secondary N) is 1. The van der Waals surface area contributed by atoms with Gasteiger partial charge in [-0.1, -0.05) is 32.4 Å². The van der Waals surface area contributed by atoms with Crippen LogP contribution in [-0.4, -0.2) is 75.2 Å². The molecule has 9 nitrogen and oxygen atoms in total. The van der Waals surface area contributed by atoms with E-state index in [0.717, 1.165) is 51.6 Å². The summed E-state index contributed by atoms with van der Waals surface area (Å²) in [4.78, 5) is 31.0. The predicted molar refractivity (Wildman–Crippen MR) is 185 cm³/mol. The zero-order valence-corrected chi connectivity index (χ0v) is 27.9. The average molecular weight is 667 g/mol. The molecule has 0 bridgehead atoms. The minimum absolute atomic E-state index is 0.0254. The fourth-order valence-corrected chi connectivity index (χ4v) is 8.05. The molecule has 0 spiro atoms. The number of pyridine rings is 1. The van der Waals surface area contributed by atoms with E-state index in [-0.39, 0.29) is 62.4 Å². The van der Waals surface area contributed by atoms with Crippen LogP contribution >= 0.6 is 0 Å². The number of benzene rings is 2. The van der Waals surface area contributed by atoms with Gasteiger partial charge in [0, 0.05) is 30.2 Å². The van der Waals surface area contributed by atoms with Gasteiger partial charge in [-0.15, -0.1) is 6.42 Å². The SMILES string of the molecule is C#Cc1c(F)ccc2cc(O)cc(-c3ncc4c(N5CCCC(C)(C)[C@@H](NC(=O)C=C)C5)nc(OCC56CCCN5CCC6)nc4c3F)c12. The second-order valence-electron chi connectivity index (χ2n) is 14.2. The molecule has 3 aliphatic heterocycles. The lowest BCUT2D eigenvalue weighted by atomic mass is 9.81. The van der Waals surface area contributed by atoms with Gasteiger partial charge >= 0.3 is 6.01 Å². The molecular formula is C38H40F2N6O3. The molecule has 0 saturated carbocycles. The van der Waals surface area contributed by atoms with Crippen molar-refractivity contribution < 1.29 is 23.4 Å². The number of phenols is 1. The first-order chi connectivity index (χ1) is 23.5. The van der Waals surface area contributed by atoms with E-state index in [9.17, 15) is 14.3 Å². The van der Waals surface area contributed by atoms with Gasteiger partial charge in [0.15, 0.2) is 5.82 Å². The summed E-state index contributed by atoms with van der Waals surface area (Å²) in [6.07, 6.45) is 14.3. The number of nitrogens with zero attached hydrogens (tertiary/aromatic N) is 5. The highest BCUT2D eigenvalue weighted by Crippen LogP contribution is 2.41.